The highest BCUT2D eigenvalue weighted by molar-refractivity contribution is 5.85. The predicted octanol–water partition coefficient (Wildman–Crippen LogP) is 3.98. The second-order valence-electron chi connectivity index (χ2n) is 5.71. The zero-order chi connectivity index (χ0) is 15.0. The molecule has 106 valence electrons. The molecule has 0 fully saturated rings. The number of fused-ring (bicyclic) bond motifs is 1. The molecule has 2 heteroatoms. The second-order valence-corrected chi connectivity index (χ2v) is 5.71. The standard InChI is InChI=1S/C19H19NO/c1-13-7-9-16(10-8-13)12-20-18(21)11-15(3)17-6-4-5-14(2)19(17)20/h4-11H,12H2,1-3H3. The maximum Gasteiger partial charge on any atom is 0.251 e. The first-order valence-corrected chi connectivity index (χ1v) is 7.21. The summed E-state index contributed by atoms with van der Waals surface area (Å²) in [5.74, 6) is 0. The van der Waals surface area contributed by atoms with Crippen molar-refractivity contribution >= 4 is 10.9 Å². The Kier molecular flexibility index (Phi) is 3.38. The second kappa shape index (κ2) is 5.21. The Hall–Kier alpha value is -2.35. The number of nitrogens with zero attached hydrogens (tertiary/aromatic N) is 1. The lowest BCUT2D eigenvalue weighted by Crippen LogP contribution is -2.21. The third-order valence-corrected chi connectivity index (χ3v) is 4.00. The number of hydrogen-bond donors (Lipinski definition) is 0. The molecule has 0 spiro atoms. The van der Waals surface area contributed by atoms with E-state index in [1.165, 1.54) is 5.56 Å². The maximum absolute atomic E-state index is 12.4. The summed E-state index contributed by atoms with van der Waals surface area (Å²) in [6, 6.07) is 16.3. The van der Waals surface area contributed by atoms with Gasteiger partial charge < -0.3 is 4.57 Å². The molecule has 0 saturated carbocycles. The molecule has 0 radical (unpaired) electrons. The lowest BCUT2D eigenvalue weighted by atomic mass is 10.1. The van der Waals surface area contributed by atoms with E-state index in [4.69, 9.17) is 0 Å². The van der Waals surface area contributed by atoms with Crippen LogP contribution in [0.1, 0.15) is 22.3 Å². The smallest absolute Gasteiger partial charge is 0.251 e. The lowest BCUT2D eigenvalue weighted by Gasteiger charge is -2.14. The maximum atomic E-state index is 12.4. The molecule has 0 aliphatic carbocycles. The highest BCUT2D eigenvalue weighted by Crippen LogP contribution is 2.20. The summed E-state index contributed by atoms with van der Waals surface area (Å²) in [5, 5.41) is 1.15. The largest absolute Gasteiger partial charge is 0.304 e. The first-order valence-electron chi connectivity index (χ1n) is 7.21. The van der Waals surface area contributed by atoms with Gasteiger partial charge in [-0.2, -0.15) is 0 Å². The first kappa shape index (κ1) is 13.6. The minimum atomic E-state index is 0.0647. The van der Waals surface area contributed by atoms with Crippen LogP contribution in [0.2, 0.25) is 0 Å². The van der Waals surface area contributed by atoms with E-state index >= 15 is 0 Å². The minimum Gasteiger partial charge on any atom is -0.304 e. The van der Waals surface area contributed by atoms with Crippen LogP contribution < -0.4 is 5.56 Å². The van der Waals surface area contributed by atoms with Crippen LogP contribution in [0.25, 0.3) is 10.9 Å². The molecular weight excluding hydrogens is 258 g/mol. The molecule has 0 saturated heterocycles. The normalized spacial score (nSPS) is 11.0. The zero-order valence-corrected chi connectivity index (χ0v) is 12.7. The number of aromatic nitrogens is 1. The van der Waals surface area contributed by atoms with E-state index in [-0.39, 0.29) is 5.56 Å². The van der Waals surface area contributed by atoms with Gasteiger partial charge in [-0.25, -0.2) is 0 Å². The van der Waals surface area contributed by atoms with Crippen LogP contribution in [0.5, 0.6) is 0 Å². The van der Waals surface area contributed by atoms with Crippen molar-refractivity contribution in [1.29, 1.82) is 0 Å². The van der Waals surface area contributed by atoms with E-state index in [1.807, 2.05) is 17.6 Å². The zero-order valence-electron chi connectivity index (χ0n) is 12.7. The molecule has 2 nitrogen and oxygen atoms in total. The fraction of sp³-hybridized carbons (Fsp3) is 0.211. The Morgan fingerprint density at radius 3 is 2.33 bits per heavy atom. The summed E-state index contributed by atoms with van der Waals surface area (Å²) in [7, 11) is 0. The van der Waals surface area contributed by atoms with E-state index in [1.54, 1.807) is 6.07 Å². The Balaban J connectivity index is 2.22. The number of benzene rings is 2. The van der Waals surface area contributed by atoms with Crippen molar-refractivity contribution < 1.29 is 0 Å². The molecule has 1 heterocycles. The van der Waals surface area contributed by atoms with Gasteiger partial charge in [0, 0.05) is 11.5 Å². The molecule has 0 N–H and O–H groups in total. The molecule has 1 aromatic heterocycles. The molecule has 0 aliphatic heterocycles. The number of pyridine rings is 1. The first-order chi connectivity index (χ1) is 10.1. The summed E-state index contributed by atoms with van der Waals surface area (Å²) in [6.07, 6.45) is 0. The van der Waals surface area contributed by atoms with Crippen molar-refractivity contribution in [3.05, 3.63) is 81.1 Å². The van der Waals surface area contributed by atoms with Gasteiger partial charge in [0.1, 0.15) is 0 Å². The van der Waals surface area contributed by atoms with Crippen molar-refractivity contribution in [3.63, 3.8) is 0 Å². The number of hydrogen-bond acceptors (Lipinski definition) is 1. The molecule has 3 aromatic rings. The van der Waals surface area contributed by atoms with Gasteiger partial charge in [-0.1, -0.05) is 48.0 Å². The summed E-state index contributed by atoms with van der Waals surface area (Å²) in [6.45, 7) is 6.74. The van der Waals surface area contributed by atoms with E-state index in [0.29, 0.717) is 6.54 Å². The molecule has 0 aliphatic rings. The van der Waals surface area contributed by atoms with Crippen LogP contribution >= 0.6 is 0 Å². The third kappa shape index (κ3) is 2.49. The molecule has 0 unspecified atom stereocenters. The quantitative estimate of drug-likeness (QED) is 0.694. The Morgan fingerprint density at radius 2 is 1.62 bits per heavy atom. The molecule has 0 amide bonds. The predicted molar refractivity (Wildman–Crippen MR) is 88.0 cm³/mol. The molecular formula is C19H19NO. The third-order valence-electron chi connectivity index (χ3n) is 4.00. The van der Waals surface area contributed by atoms with Crippen LogP contribution in [0, 0.1) is 20.8 Å². The highest BCUT2D eigenvalue weighted by atomic mass is 16.1. The van der Waals surface area contributed by atoms with Crippen LogP contribution in [0.3, 0.4) is 0 Å². The Bertz CT molecular complexity index is 857. The fourth-order valence-corrected chi connectivity index (χ4v) is 2.82. The minimum absolute atomic E-state index is 0.0647. The number of rotatable bonds is 2. The van der Waals surface area contributed by atoms with E-state index in [0.717, 1.165) is 27.6 Å². The average molecular weight is 277 g/mol. The Labute approximate surface area is 124 Å². The van der Waals surface area contributed by atoms with Gasteiger partial charge in [0.05, 0.1) is 12.1 Å². The van der Waals surface area contributed by atoms with Crippen LogP contribution in [-0.4, -0.2) is 4.57 Å². The van der Waals surface area contributed by atoms with E-state index in [9.17, 15) is 4.79 Å². The average Bonchev–Trinajstić information content (AvgIpc) is 2.46. The van der Waals surface area contributed by atoms with Gasteiger partial charge >= 0.3 is 0 Å². The SMILES string of the molecule is Cc1ccc(Cn2c(=O)cc(C)c3cccc(C)c32)cc1. The molecule has 0 bridgehead atoms. The van der Waals surface area contributed by atoms with Crippen LogP contribution in [-0.2, 0) is 6.54 Å². The monoisotopic (exact) mass is 277 g/mol. The van der Waals surface area contributed by atoms with Gasteiger partial charge in [0.15, 0.2) is 0 Å². The number of para-hydroxylation sites is 1. The van der Waals surface area contributed by atoms with Crippen LogP contribution in [0.4, 0.5) is 0 Å². The molecule has 21 heavy (non-hydrogen) atoms. The van der Waals surface area contributed by atoms with Crippen LogP contribution in [0.15, 0.2) is 53.3 Å². The topological polar surface area (TPSA) is 22.0 Å². The van der Waals surface area contributed by atoms with Crippen molar-refractivity contribution in [2.75, 3.05) is 0 Å². The van der Waals surface area contributed by atoms with Crippen molar-refractivity contribution in [1.82, 2.24) is 4.57 Å². The van der Waals surface area contributed by atoms with Crippen molar-refractivity contribution in [2.24, 2.45) is 0 Å². The van der Waals surface area contributed by atoms with Gasteiger partial charge in [-0.15, -0.1) is 0 Å². The van der Waals surface area contributed by atoms with E-state index < -0.39 is 0 Å². The summed E-state index contributed by atoms with van der Waals surface area (Å²) < 4.78 is 1.88. The lowest BCUT2D eigenvalue weighted by molar-refractivity contribution is 0.790. The highest BCUT2D eigenvalue weighted by Gasteiger charge is 2.09. The molecule has 3 rings (SSSR count). The Morgan fingerprint density at radius 1 is 0.905 bits per heavy atom. The summed E-state index contributed by atoms with van der Waals surface area (Å²) in [4.78, 5) is 12.4. The summed E-state index contributed by atoms with van der Waals surface area (Å²) >= 11 is 0. The van der Waals surface area contributed by atoms with Gasteiger partial charge in [-0.3, -0.25) is 4.79 Å². The van der Waals surface area contributed by atoms with Gasteiger partial charge in [-0.05, 0) is 37.5 Å². The summed E-state index contributed by atoms with van der Waals surface area (Å²) in [5.41, 5.74) is 5.67. The van der Waals surface area contributed by atoms with Gasteiger partial charge in [0.2, 0.25) is 0 Å². The number of aryl methyl sites for hydroxylation is 3. The van der Waals surface area contributed by atoms with Crippen molar-refractivity contribution in [2.45, 2.75) is 27.3 Å². The molecule has 2 aromatic carbocycles. The van der Waals surface area contributed by atoms with Gasteiger partial charge in [0.25, 0.3) is 5.56 Å². The fourth-order valence-electron chi connectivity index (χ4n) is 2.82. The van der Waals surface area contributed by atoms with E-state index in [2.05, 4.69) is 50.2 Å². The molecule has 0 atom stereocenters. The van der Waals surface area contributed by atoms with Crippen molar-refractivity contribution in [3.8, 4) is 0 Å².